The average Bonchev–Trinajstić information content (AvgIpc) is 3.08. The molecule has 0 spiro atoms. The summed E-state index contributed by atoms with van der Waals surface area (Å²) in [4.78, 5) is 28.8. The largest absolute Gasteiger partial charge is 0.450 e. The highest BCUT2D eigenvalue weighted by Crippen LogP contribution is 2.40. The first-order valence-corrected chi connectivity index (χ1v) is 11.5. The van der Waals surface area contributed by atoms with Crippen molar-refractivity contribution in [3.05, 3.63) is 114 Å². The second-order valence-corrected chi connectivity index (χ2v) is 9.16. The first-order valence-electron chi connectivity index (χ1n) is 10.4. The Kier molecular flexibility index (Phi) is 5.39. The van der Waals surface area contributed by atoms with Crippen LogP contribution in [0.3, 0.4) is 0 Å². The second-order valence-electron chi connectivity index (χ2n) is 7.84. The third-order valence-electron chi connectivity index (χ3n) is 5.93. The van der Waals surface area contributed by atoms with Crippen molar-refractivity contribution in [2.75, 3.05) is 0 Å². The molecule has 1 aliphatic rings. The summed E-state index contributed by atoms with van der Waals surface area (Å²) < 4.78 is 6.78. The average molecular weight is 509 g/mol. The number of aryl methyl sites for hydroxylation is 1. The zero-order chi connectivity index (χ0) is 22.4. The highest BCUT2D eigenvalue weighted by molar-refractivity contribution is 9.10. The van der Waals surface area contributed by atoms with Gasteiger partial charge in [-0.25, -0.2) is 0 Å². The van der Waals surface area contributed by atoms with Gasteiger partial charge in [0, 0.05) is 16.0 Å². The predicted octanol–water partition coefficient (Wildman–Crippen LogP) is 6.52. The van der Waals surface area contributed by atoms with Crippen LogP contribution in [0.4, 0.5) is 0 Å². The van der Waals surface area contributed by atoms with Gasteiger partial charge < -0.3 is 9.32 Å². The zero-order valence-electron chi connectivity index (χ0n) is 17.3. The maximum Gasteiger partial charge on any atom is 0.291 e. The Labute approximate surface area is 198 Å². The van der Waals surface area contributed by atoms with Crippen LogP contribution in [-0.4, -0.2) is 10.8 Å². The van der Waals surface area contributed by atoms with Gasteiger partial charge in [0.1, 0.15) is 5.58 Å². The molecule has 0 aliphatic carbocycles. The van der Waals surface area contributed by atoms with Crippen LogP contribution in [0.1, 0.15) is 45.8 Å². The summed E-state index contributed by atoms with van der Waals surface area (Å²) >= 11 is 9.83. The van der Waals surface area contributed by atoms with E-state index in [0.717, 1.165) is 22.0 Å². The van der Waals surface area contributed by atoms with E-state index in [2.05, 4.69) is 22.9 Å². The first kappa shape index (κ1) is 21.0. The summed E-state index contributed by atoms with van der Waals surface area (Å²) in [5.41, 5.74) is 3.43. The van der Waals surface area contributed by atoms with Crippen molar-refractivity contribution in [2.24, 2.45) is 0 Å². The van der Waals surface area contributed by atoms with Crippen molar-refractivity contribution >= 4 is 44.4 Å². The second kappa shape index (κ2) is 8.23. The summed E-state index contributed by atoms with van der Waals surface area (Å²) in [5.74, 6) is -0.215. The lowest BCUT2D eigenvalue weighted by Crippen LogP contribution is -2.29. The molecule has 0 fully saturated rings. The van der Waals surface area contributed by atoms with Crippen molar-refractivity contribution in [1.29, 1.82) is 0 Å². The molecular weight excluding hydrogens is 490 g/mol. The summed E-state index contributed by atoms with van der Waals surface area (Å²) in [6.45, 7) is 2.36. The van der Waals surface area contributed by atoms with Crippen LogP contribution in [0.2, 0.25) is 5.02 Å². The van der Waals surface area contributed by atoms with Gasteiger partial charge >= 0.3 is 0 Å². The predicted molar refractivity (Wildman–Crippen MR) is 129 cm³/mol. The van der Waals surface area contributed by atoms with Gasteiger partial charge in [0.25, 0.3) is 5.91 Å². The molecule has 32 heavy (non-hydrogen) atoms. The fraction of sp³-hybridized carbons (Fsp3) is 0.154. The number of amides is 1. The van der Waals surface area contributed by atoms with Crippen molar-refractivity contribution in [1.82, 2.24) is 4.90 Å². The number of carbonyl (C=O) groups excluding carboxylic acids is 1. The minimum absolute atomic E-state index is 0.0986. The minimum atomic E-state index is -0.556. The van der Waals surface area contributed by atoms with Crippen LogP contribution in [0.15, 0.2) is 80.4 Å². The van der Waals surface area contributed by atoms with Crippen molar-refractivity contribution in [3.8, 4) is 0 Å². The van der Waals surface area contributed by atoms with Crippen LogP contribution >= 0.6 is 27.5 Å². The molecule has 0 N–H and O–H groups in total. The van der Waals surface area contributed by atoms with E-state index in [0.29, 0.717) is 21.6 Å². The van der Waals surface area contributed by atoms with Gasteiger partial charge in [-0.3, -0.25) is 9.59 Å². The smallest absolute Gasteiger partial charge is 0.291 e. The number of halogens is 2. The standard InChI is InChI=1S/C26H19BrClNO3/c1-2-15-7-9-16(10-8-15)23-22-24(30)19-13-18(27)11-12-21(19)32-25(22)26(31)29(23)14-17-5-3-4-6-20(17)28/h3-13,23H,2,14H2,1H3. The van der Waals surface area contributed by atoms with Crippen molar-refractivity contribution in [2.45, 2.75) is 25.9 Å². The molecule has 1 atom stereocenters. The molecule has 160 valence electrons. The SMILES string of the molecule is CCc1ccc(C2c3c(oc4ccc(Br)cc4c3=O)C(=O)N2Cc2ccccc2Cl)cc1. The van der Waals surface area contributed by atoms with Crippen LogP contribution in [0.25, 0.3) is 11.0 Å². The van der Waals surface area contributed by atoms with Crippen LogP contribution < -0.4 is 5.43 Å². The monoisotopic (exact) mass is 507 g/mol. The molecule has 2 heterocycles. The van der Waals surface area contributed by atoms with Gasteiger partial charge in [0.15, 0.2) is 5.43 Å². The molecule has 1 aromatic heterocycles. The molecule has 0 bridgehead atoms. The van der Waals surface area contributed by atoms with E-state index >= 15 is 0 Å². The Balaban J connectivity index is 1.73. The number of nitrogens with zero attached hydrogens (tertiary/aromatic N) is 1. The molecule has 3 aromatic carbocycles. The first-order chi connectivity index (χ1) is 15.5. The van der Waals surface area contributed by atoms with E-state index in [4.69, 9.17) is 16.0 Å². The van der Waals surface area contributed by atoms with Crippen LogP contribution in [-0.2, 0) is 13.0 Å². The fourth-order valence-electron chi connectivity index (χ4n) is 4.25. The fourth-order valence-corrected chi connectivity index (χ4v) is 4.80. The Bertz CT molecular complexity index is 1410. The molecule has 1 aliphatic heterocycles. The lowest BCUT2D eigenvalue weighted by Gasteiger charge is -2.25. The van der Waals surface area contributed by atoms with Gasteiger partial charge in [-0.15, -0.1) is 0 Å². The lowest BCUT2D eigenvalue weighted by molar-refractivity contribution is 0.0714. The number of hydrogen-bond donors (Lipinski definition) is 0. The Morgan fingerprint density at radius 1 is 1.03 bits per heavy atom. The Morgan fingerprint density at radius 3 is 2.50 bits per heavy atom. The number of fused-ring (bicyclic) bond motifs is 2. The van der Waals surface area contributed by atoms with Crippen LogP contribution in [0, 0.1) is 0 Å². The maximum atomic E-state index is 13.6. The number of benzene rings is 3. The highest BCUT2D eigenvalue weighted by atomic mass is 79.9. The Morgan fingerprint density at radius 2 is 1.78 bits per heavy atom. The normalized spacial score (nSPS) is 15.4. The van der Waals surface area contributed by atoms with Gasteiger partial charge in [-0.1, -0.05) is 76.9 Å². The Hall–Kier alpha value is -2.89. The molecule has 1 amide bonds. The van der Waals surface area contributed by atoms with E-state index in [-0.39, 0.29) is 23.6 Å². The van der Waals surface area contributed by atoms with Crippen molar-refractivity contribution < 1.29 is 9.21 Å². The summed E-state index contributed by atoms with van der Waals surface area (Å²) in [6.07, 6.45) is 0.907. The summed E-state index contributed by atoms with van der Waals surface area (Å²) in [7, 11) is 0. The van der Waals surface area contributed by atoms with E-state index in [1.54, 1.807) is 29.2 Å². The molecule has 4 aromatic rings. The lowest BCUT2D eigenvalue weighted by atomic mass is 9.97. The zero-order valence-corrected chi connectivity index (χ0v) is 19.6. The highest BCUT2D eigenvalue weighted by Gasteiger charge is 2.42. The van der Waals surface area contributed by atoms with E-state index in [1.165, 1.54) is 5.56 Å². The van der Waals surface area contributed by atoms with Gasteiger partial charge in [0.05, 0.1) is 17.0 Å². The minimum Gasteiger partial charge on any atom is -0.450 e. The molecule has 0 saturated heterocycles. The molecule has 0 radical (unpaired) electrons. The van der Waals surface area contributed by atoms with Gasteiger partial charge in [-0.2, -0.15) is 0 Å². The quantitative estimate of drug-likeness (QED) is 0.315. The van der Waals surface area contributed by atoms with E-state index in [9.17, 15) is 9.59 Å². The molecular formula is C26H19BrClNO3. The molecule has 5 rings (SSSR count). The molecule has 1 unspecified atom stereocenters. The van der Waals surface area contributed by atoms with Crippen LogP contribution in [0.5, 0.6) is 0 Å². The third kappa shape index (κ3) is 3.46. The molecule has 6 heteroatoms. The molecule has 4 nitrogen and oxygen atoms in total. The van der Waals surface area contributed by atoms with E-state index in [1.807, 2.05) is 42.5 Å². The van der Waals surface area contributed by atoms with Gasteiger partial charge in [0.2, 0.25) is 5.76 Å². The molecule has 0 saturated carbocycles. The van der Waals surface area contributed by atoms with Gasteiger partial charge in [-0.05, 0) is 47.4 Å². The number of rotatable bonds is 4. The summed E-state index contributed by atoms with van der Waals surface area (Å²) in [5, 5.41) is 1.02. The van der Waals surface area contributed by atoms with E-state index < -0.39 is 6.04 Å². The maximum absolute atomic E-state index is 13.6. The third-order valence-corrected chi connectivity index (χ3v) is 6.79. The summed E-state index contributed by atoms with van der Waals surface area (Å²) in [6, 6.07) is 20.1. The topological polar surface area (TPSA) is 50.5 Å². The van der Waals surface area contributed by atoms with Crippen molar-refractivity contribution in [3.63, 3.8) is 0 Å². The number of hydrogen-bond acceptors (Lipinski definition) is 3. The number of carbonyl (C=O) groups is 1.